The van der Waals surface area contributed by atoms with Gasteiger partial charge in [0.2, 0.25) is 5.91 Å². The molecule has 4 atom stereocenters. The van der Waals surface area contributed by atoms with E-state index in [9.17, 15) is 4.79 Å². The molecule has 6 heteroatoms. The summed E-state index contributed by atoms with van der Waals surface area (Å²) in [5, 5.41) is 3.14. The van der Waals surface area contributed by atoms with Crippen molar-refractivity contribution < 1.29 is 4.79 Å². The van der Waals surface area contributed by atoms with E-state index in [0.29, 0.717) is 36.2 Å². The van der Waals surface area contributed by atoms with Gasteiger partial charge < -0.3 is 16.0 Å². The van der Waals surface area contributed by atoms with E-state index in [1.807, 2.05) is 6.07 Å². The van der Waals surface area contributed by atoms with Crippen molar-refractivity contribution in [3.8, 4) is 0 Å². The molecule has 30 heavy (non-hydrogen) atoms. The summed E-state index contributed by atoms with van der Waals surface area (Å²) in [5.41, 5.74) is 9.40. The summed E-state index contributed by atoms with van der Waals surface area (Å²) < 4.78 is 0. The zero-order valence-electron chi connectivity index (χ0n) is 18.4. The first-order chi connectivity index (χ1) is 14.5. The van der Waals surface area contributed by atoms with E-state index in [-0.39, 0.29) is 11.8 Å². The van der Waals surface area contributed by atoms with E-state index >= 15 is 0 Å². The normalized spacial score (nSPS) is 25.6. The number of aromatic amines is 1. The molecule has 4 unspecified atom stereocenters. The van der Waals surface area contributed by atoms with Gasteiger partial charge >= 0.3 is 0 Å². The smallest absolute Gasteiger partial charge is 0.235 e. The van der Waals surface area contributed by atoms with Crippen LogP contribution in [0.25, 0.3) is 0 Å². The van der Waals surface area contributed by atoms with Crippen molar-refractivity contribution in [1.29, 1.82) is 0 Å². The van der Waals surface area contributed by atoms with E-state index in [0.717, 1.165) is 12.1 Å². The number of benzene rings is 1. The highest BCUT2D eigenvalue weighted by Gasteiger charge is 2.36. The number of fused-ring (bicyclic) bond motifs is 1. The lowest BCUT2D eigenvalue weighted by atomic mass is 9.83. The van der Waals surface area contributed by atoms with Gasteiger partial charge in [-0.15, -0.1) is 0 Å². The first-order valence-corrected chi connectivity index (χ1v) is 11.5. The molecule has 0 radical (unpaired) electrons. The van der Waals surface area contributed by atoms with E-state index < -0.39 is 0 Å². The fourth-order valence-corrected chi connectivity index (χ4v) is 5.45. The number of unbranched alkanes of at least 4 members (excludes halogenated alkanes) is 1. The number of rotatable bonds is 6. The van der Waals surface area contributed by atoms with Gasteiger partial charge in [-0.1, -0.05) is 38.3 Å². The third kappa shape index (κ3) is 3.97. The number of amides is 1. The zero-order valence-corrected chi connectivity index (χ0v) is 18.4. The Morgan fingerprint density at radius 3 is 2.70 bits per heavy atom. The third-order valence-electron chi connectivity index (χ3n) is 6.95. The van der Waals surface area contributed by atoms with Crippen molar-refractivity contribution in [2.75, 3.05) is 11.1 Å². The minimum Gasteiger partial charge on any atom is -0.384 e. The number of hydrogen-bond acceptors (Lipinski definition) is 4. The molecule has 4 N–H and O–H groups in total. The second-order valence-corrected chi connectivity index (χ2v) is 9.08. The topological polar surface area (TPSA) is 87.0 Å². The molecular weight excluding hydrogens is 374 g/mol. The second-order valence-electron chi connectivity index (χ2n) is 9.08. The summed E-state index contributed by atoms with van der Waals surface area (Å²) in [7, 11) is 0. The van der Waals surface area contributed by atoms with Crippen LogP contribution < -0.4 is 11.1 Å². The molecule has 6 nitrogen and oxygen atoms in total. The lowest BCUT2D eigenvalue weighted by molar-refractivity contribution is -0.118. The van der Waals surface area contributed by atoms with E-state index in [1.54, 1.807) is 6.20 Å². The number of anilines is 2. The summed E-state index contributed by atoms with van der Waals surface area (Å²) in [6.07, 6.45) is 9.61. The Morgan fingerprint density at radius 2 is 2.03 bits per heavy atom. The molecule has 0 aliphatic carbocycles. The number of likely N-dealkylation sites (tertiary alicyclic amines) is 1. The molecule has 1 saturated heterocycles. The minimum atomic E-state index is -0.334. The number of aromatic nitrogens is 2. The fraction of sp³-hybridized carbons (Fsp3) is 0.583. The Hall–Kier alpha value is -2.34. The van der Waals surface area contributed by atoms with Crippen LogP contribution in [-0.4, -0.2) is 32.9 Å². The van der Waals surface area contributed by atoms with Gasteiger partial charge in [-0.3, -0.25) is 9.69 Å². The van der Waals surface area contributed by atoms with E-state index in [4.69, 9.17) is 5.73 Å². The molecule has 1 aromatic heterocycles. The van der Waals surface area contributed by atoms with E-state index in [1.165, 1.54) is 43.2 Å². The van der Waals surface area contributed by atoms with Crippen molar-refractivity contribution in [3.63, 3.8) is 0 Å². The second kappa shape index (κ2) is 8.80. The Balaban J connectivity index is 1.73. The number of piperidine rings is 1. The lowest BCUT2D eigenvalue weighted by Crippen LogP contribution is -2.46. The molecular formula is C24H35N5O. The Bertz CT molecular complexity index is 881. The van der Waals surface area contributed by atoms with E-state index in [2.05, 4.69) is 53.1 Å². The third-order valence-corrected chi connectivity index (χ3v) is 6.95. The number of nitrogen functional groups attached to an aromatic ring is 1. The Labute approximate surface area is 179 Å². The number of imidazole rings is 1. The Kier molecular flexibility index (Phi) is 6.14. The van der Waals surface area contributed by atoms with Crippen LogP contribution in [0.4, 0.5) is 11.5 Å². The lowest BCUT2D eigenvalue weighted by Gasteiger charge is -2.45. The molecule has 0 saturated carbocycles. The zero-order chi connectivity index (χ0) is 21.3. The monoisotopic (exact) mass is 409 g/mol. The Morgan fingerprint density at radius 1 is 1.27 bits per heavy atom. The average Bonchev–Trinajstić information content (AvgIpc) is 3.15. The summed E-state index contributed by atoms with van der Waals surface area (Å²) in [6.45, 7) is 7.01. The van der Waals surface area contributed by atoms with Gasteiger partial charge in [-0.05, 0) is 56.7 Å². The summed E-state index contributed by atoms with van der Waals surface area (Å²) in [5.74, 6) is 0.793. The number of nitrogens with two attached hydrogens (primary N) is 1. The van der Waals surface area contributed by atoms with Crippen molar-refractivity contribution >= 4 is 17.4 Å². The van der Waals surface area contributed by atoms with Crippen LogP contribution in [0.15, 0.2) is 24.4 Å². The van der Waals surface area contributed by atoms with Crippen LogP contribution in [0.2, 0.25) is 0 Å². The van der Waals surface area contributed by atoms with Crippen LogP contribution in [0.5, 0.6) is 0 Å². The molecule has 1 fully saturated rings. The number of nitrogens with one attached hydrogen (secondary N) is 2. The SMILES string of the molecule is CCCCC(c1cccc2c1CC(c1ncc(N)[nH]1)C(=O)N2)N1C(C)CCCC1C. The van der Waals surface area contributed by atoms with Gasteiger partial charge in [-0.2, -0.15) is 0 Å². The summed E-state index contributed by atoms with van der Waals surface area (Å²) >= 11 is 0. The van der Waals surface area contributed by atoms with Crippen LogP contribution in [0.1, 0.15) is 88.2 Å². The predicted octanol–water partition coefficient (Wildman–Crippen LogP) is 4.76. The van der Waals surface area contributed by atoms with Crippen molar-refractivity contribution in [2.24, 2.45) is 0 Å². The molecule has 4 rings (SSSR count). The largest absolute Gasteiger partial charge is 0.384 e. The van der Waals surface area contributed by atoms with Gasteiger partial charge in [-0.25, -0.2) is 4.98 Å². The highest BCUT2D eigenvalue weighted by Crippen LogP contribution is 2.41. The van der Waals surface area contributed by atoms with Crippen LogP contribution in [0.3, 0.4) is 0 Å². The van der Waals surface area contributed by atoms with Crippen molar-refractivity contribution in [1.82, 2.24) is 14.9 Å². The van der Waals surface area contributed by atoms with Gasteiger partial charge in [0.05, 0.1) is 6.20 Å². The summed E-state index contributed by atoms with van der Waals surface area (Å²) in [6, 6.07) is 7.93. The maximum Gasteiger partial charge on any atom is 0.235 e. The van der Waals surface area contributed by atoms with Gasteiger partial charge in [0.15, 0.2) is 0 Å². The number of carbonyl (C=O) groups is 1. The molecule has 1 aromatic carbocycles. The predicted molar refractivity (Wildman–Crippen MR) is 121 cm³/mol. The molecule has 0 bridgehead atoms. The standard InChI is InChI=1S/C24H35N5O/c1-4-5-12-21(29-15(2)8-6-9-16(29)3)17-10-7-11-20-18(17)13-19(24(30)27-20)23-26-14-22(25)28-23/h7,10-11,14-16,19,21H,4-6,8-9,12-13,25H2,1-3H3,(H,26,28)(H,27,30). The van der Waals surface area contributed by atoms with Gasteiger partial charge in [0, 0.05) is 23.8 Å². The molecule has 1 amide bonds. The van der Waals surface area contributed by atoms with Crippen molar-refractivity contribution in [3.05, 3.63) is 41.3 Å². The highest BCUT2D eigenvalue weighted by molar-refractivity contribution is 5.98. The number of nitrogens with zero attached hydrogens (tertiary/aromatic N) is 2. The van der Waals surface area contributed by atoms with Gasteiger partial charge in [0.25, 0.3) is 0 Å². The maximum absolute atomic E-state index is 12.8. The number of hydrogen-bond donors (Lipinski definition) is 3. The molecule has 2 aliphatic rings. The van der Waals surface area contributed by atoms with Crippen LogP contribution in [0, 0.1) is 0 Å². The molecule has 2 aliphatic heterocycles. The minimum absolute atomic E-state index is 0.0150. The highest BCUT2D eigenvalue weighted by atomic mass is 16.2. The first kappa shape index (κ1) is 20.9. The quantitative estimate of drug-likeness (QED) is 0.642. The molecule has 0 spiro atoms. The van der Waals surface area contributed by atoms with Gasteiger partial charge in [0.1, 0.15) is 17.6 Å². The number of carbonyl (C=O) groups excluding carboxylic acids is 1. The van der Waals surface area contributed by atoms with Crippen molar-refractivity contribution in [2.45, 2.75) is 89.8 Å². The van der Waals surface area contributed by atoms with Crippen LogP contribution >= 0.6 is 0 Å². The fourth-order valence-electron chi connectivity index (χ4n) is 5.45. The summed E-state index contributed by atoms with van der Waals surface area (Å²) in [4.78, 5) is 23.0. The molecule has 2 aromatic rings. The molecule has 3 heterocycles. The first-order valence-electron chi connectivity index (χ1n) is 11.5. The molecule has 162 valence electrons. The maximum atomic E-state index is 12.8. The number of H-pyrrole nitrogens is 1. The average molecular weight is 410 g/mol. The van der Waals surface area contributed by atoms with Crippen LogP contribution in [-0.2, 0) is 11.2 Å².